The van der Waals surface area contributed by atoms with Crippen molar-refractivity contribution >= 4 is 49.3 Å². The van der Waals surface area contributed by atoms with E-state index in [0.29, 0.717) is 11.8 Å². The van der Waals surface area contributed by atoms with Crippen LogP contribution in [0.1, 0.15) is 12.5 Å². The summed E-state index contributed by atoms with van der Waals surface area (Å²) in [5.74, 6) is 6.34. The molecule has 4 N–H and O–H groups in total. The molecule has 7 heteroatoms. The Kier molecular flexibility index (Phi) is 4.73. The third kappa shape index (κ3) is 3.43. The van der Waals surface area contributed by atoms with Crippen molar-refractivity contribution in [3.05, 3.63) is 38.9 Å². The van der Waals surface area contributed by atoms with Gasteiger partial charge in [0.2, 0.25) is 5.95 Å². The first-order valence-electron chi connectivity index (χ1n) is 5.68. The van der Waals surface area contributed by atoms with E-state index in [1.807, 2.05) is 12.1 Å². The lowest BCUT2D eigenvalue weighted by atomic mass is 10.1. The predicted molar refractivity (Wildman–Crippen MR) is 84.3 cm³/mol. The molecule has 5 nitrogen and oxygen atoms in total. The summed E-state index contributed by atoms with van der Waals surface area (Å²) in [6.45, 7) is 2.11. The number of rotatable bonds is 4. The van der Waals surface area contributed by atoms with Gasteiger partial charge in [-0.05, 0) is 46.1 Å². The van der Waals surface area contributed by atoms with Gasteiger partial charge in [0.25, 0.3) is 0 Å². The molecule has 19 heavy (non-hydrogen) atoms. The van der Waals surface area contributed by atoms with Crippen LogP contribution in [0.2, 0.25) is 0 Å². The molecule has 100 valence electrons. The van der Waals surface area contributed by atoms with E-state index < -0.39 is 0 Å². The minimum Gasteiger partial charge on any atom is -0.339 e. The molecule has 2 rings (SSSR count). The van der Waals surface area contributed by atoms with E-state index in [0.717, 1.165) is 21.1 Å². The normalized spacial score (nSPS) is 10.3. The summed E-state index contributed by atoms with van der Waals surface area (Å²) >= 11 is 6.88. The first-order valence-corrected chi connectivity index (χ1v) is 7.27. The van der Waals surface area contributed by atoms with E-state index in [4.69, 9.17) is 5.84 Å². The lowest BCUT2D eigenvalue weighted by Crippen LogP contribution is -2.11. The fourth-order valence-corrected chi connectivity index (χ4v) is 2.33. The molecule has 0 saturated carbocycles. The zero-order chi connectivity index (χ0) is 13.8. The molecule has 2 aromatic rings. The summed E-state index contributed by atoms with van der Waals surface area (Å²) in [4.78, 5) is 8.28. The summed E-state index contributed by atoms with van der Waals surface area (Å²) in [7, 11) is 0. The molecule has 0 atom stereocenters. The van der Waals surface area contributed by atoms with Crippen LogP contribution in [0.15, 0.2) is 33.3 Å². The second-order valence-corrected chi connectivity index (χ2v) is 5.58. The second kappa shape index (κ2) is 6.31. The van der Waals surface area contributed by atoms with Crippen LogP contribution in [-0.4, -0.2) is 9.97 Å². The average molecular weight is 387 g/mol. The van der Waals surface area contributed by atoms with Crippen molar-refractivity contribution in [2.75, 3.05) is 10.7 Å². The van der Waals surface area contributed by atoms with Crippen molar-refractivity contribution in [1.82, 2.24) is 9.97 Å². The van der Waals surface area contributed by atoms with Gasteiger partial charge in [-0.1, -0.05) is 22.9 Å². The van der Waals surface area contributed by atoms with Crippen molar-refractivity contribution in [2.45, 2.75) is 13.3 Å². The van der Waals surface area contributed by atoms with Gasteiger partial charge in [-0.15, -0.1) is 0 Å². The molecule has 0 radical (unpaired) electrons. The van der Waals surface area contributed by atoms with Crippen LogP contribution in [0.5, 0.6) is 0 Å². The minimum absolute atomic E-state index is 0.362. The number of hydrazine groups is 1. The zero-order valence-corrected chi connectivity index (χ0v) is 13.4. The fourth-order valence-electron chi connectivity index (χ4n) is 1.63. The van der Waals surface area contributed by atoms with Gasteiger partial charge >= 0.3 is 0 Å². The van der Waals surface area contributed by atoms with Crippen LogP contribution >= 0.6 is 31.9 Å². The Labute approximate surface area is 128 Å². The highest BCUT2D eigenvalue weighted by atomic mass is 79.9. The number of nitrogens with one attached hydrogen (secondary N) is 2. The number of hydrogen-bond acceptors (Lipinski definition) is 5. The van der Waals surface area contributed by atoms with Crippen LogP contribution in [0, 0.1) is 0 Å². The highest BCUT2D eigenvalue weighted by Crippen LogP contribution is 2.28. The predicted octanol–water partition coefficient (Wildman–Crippen LogP) is 3.59. The molecular formula is C12H13Br2N5. The van der Waals surface area contributed by atoms with Gasteiger partial charge in [-0.25, -0.2) is 10.8 Å². The maximum absolute atomic E-state index is 5.31. The third-order valence-electron chi connectivity index (χ3n) is 2.57. The molecule has 1 aromatic carbocycles. The minimum atomic E-state index is 0.362. The van der Waals surface area contributed by atoms with Crippen molar-refractivity contribution in [1.29, 1.82) is 0 Å². The Hall–Kier alpha value is -1.18. The summed E-state index contributed by atoms with van der Waals surface area (Å²) in [6, 6.07) is 6.07. The standard InChI is InChI=1S/C12H13Br2N5/c1-2-7-5-8(13)3-4-10(7)17-11-9(14)6-16-12(18-11)19-15/h3-6H,2,15H2,1H3,(H2,16,17,18,19). The maximum Gasteiger partial charge on any atom is 0.239 e. The lowest BCUT2D eigenvalue weighted by Gasteiger charge is -2.12. The monoisotopic (exact) mass is 385 g/mol. The van der Waals surface area contributed by atoms with Crippen LogP contribution in [-0.2, 0) is 6.42 Å². The lowest BCUT2D eigenvalue weighted by molar-refractivity contribution is 1.10. The van der Waals surface area contributed by atoms with Crippen molar-refractivity contribution < 1.29 is 0 Å². The number of benzene rings is 1. The number of hydrogen-bond donors (Lipinski definition) is 3. The van der Waals surface area contributed by atoms with Gasteiger partial charge in [0.05, 0.1) is 4.47 Å². The first kappa shape index (κ1) is 14.2. The van der Waals surface area contributed by atoms with E-state index in [2.05, 4.69) is 65.6 Å². The van der Waals surface area contributed by atoms with Crippen LogP contribution in [0.25, 0.3) is 0 Å². The Morgan fingerprint density at radius 2 is 2.11 bits per heavy atom. The SMILES string of the molecule is CCc1cc(Br)ccc1Nc1nc(NN)ncc1Br. The number of aromatic nitrogens is 2. The number of aryl methyl sites for hydroxylation is 1. The van der Waals surface area contributed by atoms with E-state index >= 15 is 0 Å². The highest BCUT2D eigenvalue weighted by Gasteiger charge is 2.07. The Morgan fingerprint density at radius 3 is 2.79 bits per heavy atom. The summed E-state index contributed by atoms with van der Waals surface area (Å²) < 4.78 is 1.83. The Balaban J connectivity index is 2.35. The largest absolute Gasteiger partial charge is 0.339 e. The van der Waals surface area contributed by atoms with Crippen LogP contribution in [0.3, 0.4) is 0 Å². The molecule has 0 spiro atoms. The third-order valence-corrected chi connectivity index (χ3v) is 3.65. The highest BCUT2D eigenvalue weighted by molar-refractivity contribution is 9.10. The van der Waals surface area contributed by atoms with Crippen LogP contribution in [0.4, 0.5) is 17.5 Å². The van der Waals surface area contributed by atoms with Gasteiger partial charge < -0.3 is 5.32 Å². The van der Waals surface area contributed by atoms with E-state index in [9.17, 15) is 0 Å². The molecule has 0 fully saturated rings. The molecule has 0 bridgehead atoms. The van der Waals surface area contributed by atoms with Gasteiger partial charge in [-0.2, -0.15) is 4.98 Å². The molecular weight excluding hydrogens is 374 g/mol. The van der Waals surface area contributed by atoms with Gasteiger partial charge in [0, 0.05) is 16.4 Å². The molecule has 0 unspecified atom stereocenters. The smallest absolute Gasteiger partial charge is 0.239 e. The Bertz CT molecular complexity index is 588. The molecule has 0 aliphatic rings. The second-order valence-electron chi connectivity index (χ2n) is 3.81. The number of halogens is 2. The summed E-state index contributed by atoms with van der Waals surface area (Å²) in [5, 5.41) is 3.28. The van der Waals surface area contributed by atoms with E-state index in [1.165, 1.54) is 5.56 Å². The zero-order valence-electron chi connectivity index (χ0n) is 10.2. The quantitative estimate of drug-likeness (QED) is 0.552. The molecule has 0 saturated heterocycles. The number of nitrogens with two attached hydrogens (primary N) is 1. The summed E-state index contributed by atoms with van der Waals surface area (Å²) in [5.41, 5.74) is 4.63. The molecule has 0 amide bonds. The molecule has 0 aliphatic carbocycles. The fraction of sp³-hybridized carbons (Fsp3) is 0.167. The summed E-state index contributed by atoms with van der Waals surface area (Å²) in [6.07, 6.45) is 2.57. The average Bonchev–Trinajstić information content (AvgIpc) is 2.43. The maximum atomic E-state index is 5.31. The van der Waals surface area contributed by atoms with Crippen molar-refractivity contribution in [3.8, 4) is 0 Å². The van der Waals surface area contributed by atoms with Crippen molar-refractivity contribution in [3.63, 3.8) is 0 Å². The van der Waals surface area contributed by atoms with Crippen molar-refractivity contribution in [2.24, 2.45) is 5.84 Å². The Morgan fingerprint density at radius 1 is 1.32 bits per heavy atom. The van der Waals surface area contributed by atoms with Gasteiger partial charge in [0.1, 0.15) is 5.82 Å². The molecule has 0 aliphatic heterocycles. The molecule has 1 heterocycles. The van der Waals surface area contributed by atoms with E-state index in [-0.39, 0.29) is 0 Å². The topological polar surface area (TPSA) is 75.9 Å². The first-order chi connectivity index (χ1) is 9.13. The van der Waals surface area contributed by atoms with Gasteiger partial charge in [-0.3, -0.25) is 5.43 Å². The van der Waals surface area contributed by atoms with E-state index in [1.54, 1.807) is 6.20 Å². The van der Waals surface area contributed by atoms with Gasteiger partial charge in [0.15, 0.2) is 0 Å². The number of nitrogen functional groups attached to an aromatic ring is 1. The molecule has 1 aromatic heterocycles. The number of nitrogens with zero attached hydrogens (tertiary/aromatic N) is 2. The van der Waals surface area contributed by atoms with Crippen LogP contribution < -0.4 is 16.6 Å². The number of anilines is 3.